The third-order valence-electron chi connectivity index (χ3n) is 2.79. The lowest BCUT2D eigenvalue weighted by atomic mass is 10.3. The van der Waals surface area contributed by atoms with E-state index < -0.39 is 5.97 Å². The SMILES string of the molecule is COc1ccc(OCC2CSC(CSCC(=O)O)O2)cc1. The van der Waals surface area contributed by atoms with E-state index >= 15 is 0 Å². The van der Waals surface area contributed by atoms with Gasteiger partial charge >= 0.3 is 5.97 Å². The van der Waals surface area contributed by atoms with Gasteiger partial charge in [-0.2, -0.15) is 0 Å². The minimum atomic E-state index is -0.789. The summed E-state index contributed by atoms with van der Waals surface area (Å²) < 4.78 is 16.6. The fourth-order valence-corrected chi connectivity index (χ4v) is 3.86. The summed E-state index contributed by atoms with van der Waals surface area (Å²) in [4.78, 5) is 10.4. The van der Waals surface area contributed by atoms with E-state index in [-0.39, 0.29) is 17.3 Å². The Morgan fingerprint density at radius 3 is 2.81 bits per heavy atom. The molecule has 1 N–H and O–H groups in total. The van der Waals surface area contributed by atoms with E-state index in [1.165, 1.54) is 11.8 Å². The van der Waals surface area contributed by atoms with Crippen molar-refractivity contribution in [2.75, 3.05) is 31.0 Å². The second kappa shape index (κ2) is 8.41. The number of carboxylic acids is 1. The minimum Gasteiger partial charge on any atom is -0.497 e. The lowest BCUT2D eigenvalue weighted by molar-refractivity contribution is -0.133. The molecule has 1 aromatic carbocycles. The molecule has 0 aliphatic carbocycles. The molecule has 5 nitrogen and oxygen atoms in total. The average molecular weight is 330 g/mol. The summed E-state index contributed by atoms with van der Waals surface area (Å²) in [6.45, 7) is 0.499. The van der Waals surface area contributed by atoms with Crippen LogP contribution in [0, 0.1) is 0 Å². The van der Waals surface area contributed by atoms with Gasteiger partial charge < -0.3 is 19.3 Å². The third-order valence-corrected chi connectivity index (χ3v) is 5.20. The first-order valence-corrected chi connectivity index (χ1v) is 8.71. The first-order chi connectivity index (χ1) is 10.2. The summed E-state index contributed by atoms with van der Waals surface area (Å²) in [5, 5.41) is 8.59. The zero-order valence-corrected chi connectivity index (χ0v) is 13.3. The fraction of sp³-hybridized carbons (Fsp3) is 0.500. The van der Waals surface area contributed by atoms with E-state index in [9.17, 15) is 4.79 Å². The van der Waals surface area contributed by atoms with Gasteiger partial charge in [0, 0.05) is 11.5 Å². The molecule has 116 valence electrons. The Balaban J connectivity index is 1.66. The highest BCUT2D eigenvalue weighted by Crippen LogP contribution is 2.28. The number of rotatable bonds is 8. The molecule has 0 aromatic heterocycles. The predicted molar refractivity (Wildman–Crippen MR) is 84.6 cm³/mol. The molecule has 0 spiro atoms. The van der Waals surface area contributed by atoms with Crippen LogP contribution >= 0.6 is 23.5 Å². The Morgan fingerprint density at radius 1 is 1.43 bits per heavy atom. The number of methoxy groups -OCH3 is 1. The smallest absolute Gasteiger partial charge is 0.313 e. The molecule has 0 saturated carbocycles. The Bertz CT molecular complexity index is 451. The summed E-state index contributed by atoms with van der Waals surface area (Å²) in [6, 6.07) is 7.43. The molecule has 0 amide bonds. The van der Waals surface area contributed by atoms with Gasteiger partial charge in [0.1, 0.15) is 29.6 Å². The monoisotopic (exact) mass is 330 g/mol. The number of thioether (sulfide) groups is 2. The van der Waals surface area contributed by atoms with E-state index in [0.29, 0.717) is 12.4 Å². The van der Waals surface area contributed by atoms with Gasteiger partial charge in [-0.05, 0) is 24.3 Å². The third kappa shape index (κ3) is 5.68. The molecule has 2 unspecified atom stereocenters. The van der Waals surface area contributed by atoms with Crippen LogP contribution in [0.5, 0.6) is 11.5 Å². The van der Waals surface area contributed by atoms with Crippen molar-refractivity contribution in [3.05, 3.63) is 24.3 Å². The van der Waals surface area contributed by atoms with Crippen molar-refractivity contribution >= 4 is 29.5 Å². The topological polar surface area (TPSA) is 65.0 Å². The predicted octanol–water partition coefficient (Wildman–Crippen LogP) is 2.35. The van der Waals surface area contributed by atoms with Crippen LogP contribution in [-0.2, 0) is 9.53 Å². The van der Waals surface area contributed by atoms with Crippen molar-refractivity contribution in [3.63, 3.8) is 0 Å². The zero-order chi connectivity index (χ0) is 15.1. The largest absolute Gasteiger partial charge is 0.497 e. The van der Waals surface area contributed by atoms with E-state index in [2.05, 4.69) is 0 Å². The summed E-state index contributed by atoms with van der Waals surface area (Å²) in [5.41, 5.74) is 0.0545. The number of carboxylic acid groups (broad SMARTS) is 1. The van der Waals surface area contributed by atoms with Gasteiger partial charge in [0.15, 0.2) is 0 Å². The lowest BCUT2D eigenvalue weighted by Gasteiger charge is -2.13. The van der Waals surface area contributed by atoms with Gasteiger partial charge in [0.05, 0.1) is 12.9 Å². The van der Waals surface area contributed by atoms with Gasteiger partial charge in [-0.1, -0.05) is 0 Å². The minimum absolute atomic E-state index is 0.0486. The van der Waals surface area contributed by atoms with Crippen LogP contribution < -0.4 is 9.47 Å². The second-order valence-electron chi connectivity index (χ2n) is 4.42. The van der Waals surface area contributed by atoms with Crippen molar-refractivity contribution in [2.45, 2.75) is 11.5 Å². The average Bonchev–Trinajstić information content (AvgIpc) is 2.93. The molecule has 1 aromatic rings. The van der Waals surface area contributed by atoms with E-state index in [0.717, 1.165) is 17.3 Å². The molecule has 2 atom stereocenters. The molecule has 2 rings (SSSR count). The maximum atomic E-state index is 10.4. The number of ether oxygens (including phenoxy) is 3. The molecule has 7 heteroatoms. The quantitative estimate of drug-likeness (QED) is 0.785. The first-order valence-electron chi connectivity index (χ1n) is 6.51. The van der Waals surface area contributed by atoms with Crippen LogP contribution in [0.4, 0.5) is 0 Å². The van der Waals surface area contributed by atoms with Gasteiger partial charge in [-0.25, -0.2) is 0 Å². The van der Waals surface area contributed by atoms with Gasteiger partial charge in [-0.3, -0.25) is 4.79 Å². The van der Waals surface area contributed by atoms with E-state index in [4.69, 9.17) is 19.3 Å². The van der Waals surface area contributed by atoms with Crippen LogP contribution in [0.15, 0.2) is 24.3 Å². The van der Waals surface area contributed by atoms with Gasteiger partial charge in [0.2, 0.25) is 0 Å². The Morgan fingerprint density at radius 2 is 2.14 bits per heavy atom. The van der Waals surface area contributed by atoms with E-state index in [1.807, 2.05) is 24.3 Å². The zero-order valence-electron chi connectivity index (χ0n) is 11.7. The maximum Gasteiger partial charge on any atom is 0.313 e. The molecule has 0 radical (unpaired) electrons. The van der Waals surface area contributed by atoms with Crippen molar-refractivity contribution in [2.24, 2.45) is 0 Å². The molecule has 1 aliphatic heterocycles. The van der Waals surface area contributed by atoms with Crippen LogP contribution in [0.2, 0.25) is 0 Å². The van der Waals surface area contributed by atoms with Crippen LogP contribution in [0.3, 0.4) is 0 Å². The number of benzene rings is 1. The normalized spacial score (nSPS) is 21.2. The summed E-state index contributed by atoms with van der Waals surface area (Å²) >= 11 is 3.09. The summed E-state index contributed by atoms with van der Waals surface area (Å²) in [7, 11) is 1.63. The summed E-state index contributed by atoms with van der Waals surface area (Å²) in [6.07, 6.45) is 0.0486. The number of carbonyl (C=O) groups is 1. The fourth-order valence-electron chi connectivity index (χ4n) is 1.79. The molecule has 0 bridgehead atoms. The Kier molecular flexibility index (Phi) is 6.53. The Labute approximate surface area is 132 Å². The first kappa shape index (κ1) is 16.3. The maximum absolute atomic E-state index is 10.4. The van der Waals surface area contributed by atoms with Crippen LogP contribution in [0.1, 0.15) is 0 Å². The summed E-state index contributed by atoms with van der Waals surface area (Å²) in [5.74, 6) is 2.47. The molecule has 1 fully saturated rings. The highest BCUT2D eigenvalue weighted by atomic mass is 32.2. The van der Waals surface area contributed by atoms with E-state index in [1.54, 1.807) is 18.9 Å². The number of aliphatic carboxylic acids is 1. The highest BCUT2D eigenvalue weighted by molar-refractivity contribution is 8.03. The molecule has 1 heterocycles. The molecule has 1 saturated heterocycles. The van der Waals surface area contributed by atoms with Crippen LogP contribution in [0.25, 0.3) is 0 Å². The highest BCUT2D eigenvalue weighted by Gasteiger charge is 2.26. The van der Waals surface area contributed by atoms with Crippen molar-refractivity contribution in [1.82, 2.24) is 0 Å². The molecule has 21 heavy (non-hydrogen) atoms. The van der Waals surface area contributed by atoms with Crippen molar-refractivity contribution in [1.29, 1.82) is 0 Å². The lowest BCUT2D eigenvalue weighted by Crippen LogP contribution is -2.21. The molecular weight excluding hydrogens is 312 g/mol. The van der Waals surface area contributed by atoms with Gasteiger partial charge in [-0.15, -0.1) is 23.5 Å². The molecule has 1 aliphatic rings. The second-order valence-corrected chi connectivity index (χ2v) is 6.64. The number of hydrogen-bond acceptors (Lipinski definition) is 6. The standard InChI is InChI=1S/C14H18O5S2/c1-17-10-2-4-11(5-3-10)18-6-12-7-21-14(19-12)9-20-8-13(15)16/h2-5,12,14H,6-9H2,1H3,(H,15,16). The van der Waals surface area contributed by atoms with Crippen molar-refractivity contribution < 1.29 is 24.1 Å². The van der Waals surface area contributed by atoms with Crippen molar-refractivity contribution in [3.8, 4) is 11.5 Å². The van der Waals surface area contributed by atoms with Crippen LogP contribution in [-0.4, -0.2) is 53.6 Å². The Hall–Kier alpha value is -1.05. The molecular formula is C14H18O5S2. The number of hydrogen-bond donors (Lipinski definition) is 1. The van der Waals surface area contributed by atoms with Gasteiger partial charge in [0.25, 0.3) is 0 Å².